The summed E-state index contributed by atoms with van der Waals surface area (Å²) in [6.07, 6.45) is -4.63. The number of hydrogen-bond donors (Lipinski definition) is 1. The summed E-state index contributed by atoms with van der Waals surface area (Å²) in [5.74, 6) is -1.17. The molecule has 2 amide bonds. The minimum absolute atomic E-state index is 0.0540. The minimum atomic E-state index is -4.63. The second-order valence-corrected chi connectivity index (χ2v) is 8.71. The Hall–Kier alpha value is -3.64. The maximum Gasteiger partial charge on any atom is 0.416 e. The van der Waals surface area contributed by atoms with Gasteiger partial charge in [-0.05, 0) is 42.0 Å². The van der Waals surface area contributed by atoms with Crippen molar-refractivity contribution in [3.63, 3.8) is 0 Å². The highest BCUT2D eigenvalue weighted by atomic mass is 35.5. The molecule has 0 aliphatic heterocycles. The van der Waals surface area contributed by atoms with Gasteiger partial charge in [-0.3, -0.25) is 14.2 Å². The predicted octanol–water partition coefficient (Wildman–Crippen LogP) is 2.98. The van der Waals surface area contributed by atoms with E-state index < -0.39 is 41.8 Å². The van der Waals surface area contributed by atoms with Crippen LogP contribution < -0.4 is 11.0 Å². The van der Waals surface area contributed by atoms with Crippen LogP contribution in [0.4, 0.5) is 13.2 Å². The van der Waals surface area contributed by atoms with E-state index in [0.29, 0.717) is 10.6 Å². The van der Waals surface area contributed by atoms with E-state index in [-0.39, 0.29) is 24.5 Å². The maximum absolute atomic E-state index is 13.2. The zero-order chi connectivity index (χ0) is 27.3. The predicted molar refractivity (Wildman–Crippen MR) is 130 cm³/mol. The molecule has 0 spiro atoms. The van der Waals surface area contributed by atoms with Crippen molar-refractivity contribution >= 4 is 23.4 Å². The molecule has 1 aromatic heterocycles. The fourth-order valence-corrected chi connectivity index (χ4v) is 3.65. The molecule has 0 fully saturated rings. The molecule has 2 aromatic carbocycles. The van der Waals surface area contributed by atoms with Crippen molar-refractivity contribution in [3.8, 4) is 11.4 Å². The summed E-state index contributed by atoms with van der Waals surface area (Å²) in [4.78, 5) is 39.9. The number of ether oxygens (including phenoxy) is 1. The van der Waals surface area contributed by atoms with Crippen LogP contribution in [0, 0.1) is 0 Å². The molecule has 1 N–H and O–H groups in total. The van der Waals surface area contributed by atoms with Crippen LogP contribution in [0.1, 0.15) is 17.2 Å². The molecule has 9 nitrogen and oxygen atoms in total. The minimum Gasteiger partial charge on any atom is -0.383 e. The standard InChI is InChI=1S/C24H25ClF3N5O4/c1-31(2)22(35)20(16-5-4-6-17(13-16)24(26,27)28)29-19(34)14-33-23(36)32(11-12-37-3)21(30-33)15-7-9-18(25)10-8-15/h4-10,13,20H,11-12,14H2,1-3H3,(H,29,34). The number of benzene rings is 2. The molecule has 0 aliphatic carbocycles. The van der Waals surface area contributed by atoms with Crippen LogP contribution in [0.25, 0.3) is 11.4 Å². The van der Waals surface area contributed by atoms with Gasteiger partial charge in [0.05, 0.1) is 18.7 Å². The van der Waals surface area contributed by atoms with Crippen molar-refractivity contribution in [2.75, 3.05) is 27.8 Å². The van der Waals surface area contributed by atoms with Crippen LogP contribution in [0.5, 0.6) is 0 Å². The molecule has 0 bridgehead atoms. The monoisotopic (exact) mass is 539 g/mol. The number of nitrogens with zero attached hydrogens (tertiary/aromatic N) is 4. The molecule has 198 valence electrons. The highest BCUT2D eigenvalue weighted by Gasteiger charge is 2.33. The lowest BCUT2D eigenvalue weighted by Crippen LogP contribution is -2.42. The lowest BCUT2D eigenvalue weighted by atomic mass is 10.0. The van der Waals surface area contributed by atoms with E-state index >= 15 is 0 Å². The first-order valence-corrected chi connectivity index (χ1v) is 11.4. The Labute approximate surface area is 215 Å². The van der Waals surface area contributed by atoms with Crippen molar-refractivity contribution in [2.45, 2.75) is 25.3 Å². The molecule has 37 heavy (non-hydrogen) atoms. The summed E-state index contributed by atoms with van der Waals surface area (Å²) in [5, 5.41) is 7.20. The zero-order valence-electron chi connectivity index (χ0n) is 20.3. The molecule has 3 rings (SSSR count). The smallest absolute Gasteiger partial charge is 0.383 e. The molecular weight excluding hydrogens is 515 g/mol. The molecule has 0 radical (unpaired) electrons. The van der Waals surface area contributed by atoms with Crippen molar-refractivity contribution < 1.29 is 27.5 Å². The number of amides is 2. The third-order valence-corrected chi connectivity index (χ3v) is 5.63. The van der Waals surface area contributed by atoms with Crippen LogP contribution in [0.3, 0.4) is 0 Å². The summed E-state index contributed by atoms with van der Waals surface area (Å²) in [6, 6.07) is 9.30. The molecule has 0 saturated heterocycles. The first-order valence-electron chi connectivity index (χ1n) is 11.0. The number of halogens is 4. The van der Waals surface area contributed by atoms with E-state index in [1.807, 2.05) is 0 Å². The Kier molecular flexibility index (Phi) is 8.77. The molecule has 1 unspecified atom stereocenters. The number of likely N-dealkylation sites (N-methyl/N-ethyl adjacent to an activating group) is 1. The van der Waals surface area contributed by atoms with Gasteiger partial charge in [-0.15, -0.1) is 5.10 Å². The number of alkyl halides is 3. The van der Waals surface area contributed by atoms with Gasteiger partial charge >= 0.3 is 11.9 Å². The van der Waals surface area contributed by atoms with E-state index in [2.05, 4.69) is 10.4 Å². The van der Waals surface area contributed by atoms with Gasteiger partial charge in [0.25, 0.3) is 0 Å². The average molecular weight is 540 g/mol. The van der Waals surface area contributed by atoms with Crippen LogP contribution in [0.15, 0.2) is 53.3 Å². The maximum atomic E-state index is 13.2. The number of carbonyl (C=O) groups is 2. The van der Waals surface area contributed by atoms with Crippen molar-refractivity contribution in [2.24, 2.45) is 0 Å². The van der Waals surface area contributed by atoms with Gasteiger partial charge < -0.3 is 15.0 Å². The van der Waals surface area contributed by atoms with Gasteiger partial charge in [-0.1, -0.05) is 23.7 Å². The van der Waals surface area contributed by atoms with Crippen molar-refractivity contribution in [1.82, 2.24) is 24.6 Å². The van der Waals surface area contributed by atoms with Gasteiger partial charge in [-0.2, -0.15) is 13.2 Å². The highest BCUT2D eigenvalue weighted by Crippen LogP contribution is 2.31. The molecule has 0 aliphatic rings. The van der Waals surface area contributed by atoms with E-state index in [0.717, 1.165) is 27.8 Å². The Morgan fingerprint density at radius 3 is 2.43 bits per heavy atom. The first kappa shape index (κ1) is 27.9. The summed E-state index contributed by atoms with van der Waals surface area (Å²) in [7, 11) is 4.30. The van der Waals surface area contributed by atoms with E-state index in [1.54, 1.807) is 24.3 Å². The second kappa shape index (κ2) is 11.6. The van der Waals surface area contributed by atoms with Gasteiger partial charge in [0.15, 0.2) is 5.82 Å². The third kappa shape index (κ3) is 6.77. The van der Waals surface area contributed by atoms with Gasteiger partial charge in [-0.25, -0.2) is 9.48 Å². The SMILES string of the molecule is COCCn1c(-c2ccc(Cl)cc2)nn(CC(=O)NC(C(=O)N(C)C)c2cccc(C(F)(F)F)c2)c1=O. The Morgan fingerprint density at radius 2 is 1.84 bits per heavy atom. The fourth-order valence-electron chi connectivity index (χ4n) is 3.52. The Morgan fingerprint density at radius 1 is 1.16 bits per heavy atom. The molecule has 1 heterocycles. The molecule has 13 heteroatoms. The topological polar surface area (TPSA) is 98.5 Å². The second-order valence-electron chi connectivity index (χ2n) is 8.27. The Balaban J connectivity index is 1.92. The Bertz CT molecular complexity index is 1320. The number of carbonyl (C=O) groups excluding carboxylic acids is 2. The van der Waals surface area contributed by atoms with Crippen LogP contribution in [-0.4, -0.2) is 58.9 Å². The van der Waals surface area contributed by atoms with Crippen molar-refractivity contribution in [1.29, 1.82) is 0 Å². The third-order valence-electron chi connectivity index (χ3n) is 5.38. The molecular formula is C24H25ClF3N5O4. The van der Waals surface area contributed by atoms with Crippen LogP contribution >= 0.6 is 11.6 Å². The summed E-state index contributed by atoms with van der Waals surface area (Å²) in [5.41, 5.74) is -1.05. The number of hydrogen-bond acceptors (Lipinski definition) is 5. The fraction of sp³-hybridized carbons (Fsp3) is 0.333. The van der Waals surface area contributed by atoms with E-state index in [9.17, 15) is 27.6 Å². The summed E-state index contributed by atoms with van der Waals surface area (Å²) < 4.78 is 47.0. The van der Waals surface area contributed by atoms with Gasteiger partial charge in [0.1, 0.15) is 12.6 Å². The summed E-state index contributed by atoms with van der Waals surface area (Å²) in [6.45, 7) is -0.218. The van der Waals surface area contributed by atoms with Crippen LogP contribution in [0.2, 0.25) is 5.02 Å². The van der Waals surface area contributed by atoms with Crippen LogP contribution in [-0.2, 0) is 33.6 Å². The quantitative estimate of drug-likeness (QED) is 0.451. The van der Waals surface area contributed by atoms with E-state index in [4.69, 9.17) is 16.3 Å². The lowest BCUT2D eigenvalue weighted by Gasteiger charge is -2.23. The summed E-state index contributed by atoms with van der Waals surface area (Å²) >= 11 is 5.95. The van der Waals surface area contributed by atoms with Crippen molar-refractivity contribution in [3.05, 3.63) is 75.2 Å². The molecule has 0 saturated carbocycles. The highest BCUT2D eigenvalue weighted by molar-refractivity contribution is 6.30. The average Bonchev–Trinajstić information content (AvgIpc) is 3.15. The number of methoxy groups -OCH3 is 1. The van der Waals surface area contributed by atoms with Gasteiger partial charge in [0.2, 0.25) is 11.8 Å². The zero-order valence-corrected chi connectivity index (χ0v) is 21.0. The number of aromatic nitrogens is 3. The van der Waals surface area contributed by atoms with E-state index in [1.165, 1.54) is 31.8 Å². The molecule has 3 aromatic rings. The lowest BCUT2D eigenvalue weighted by molar-refractivity contribution is -0.138. The van der Waals surface area contributed by atoms with Gasteiger partial charge in [0, 0.05) is 31.8 Å². The number of nitrogens with one attached hydrogen (secondary N) is 1. The largest absolute Gasteiger partial charge is 0.416 e. The first-order chi connectivity index (χ1) is 17.4. The molecule has 1 atom stereocenters. The normalized spacial score (nSPS) is 12.3. The number of rotatable bonds is 9.